The number of carbonyl (C=O) groups is 2. The molecular weight excluding hydrogens is 294 g/mol. The minimum Gasteiger partial charge on any atom is -0.468 e. The van der Waals surface area contributed by atoms with Crippen molar-refractivity contribution in [1.82, 2.24) is 0 Å². The molecule has 0 saturated heterocycles. The van der Waals surface area contributed by atoms with Crippen LogP contribution in [0.5, 0.6) is 0 Å². The molecule has 1 aromatic carbocycles. The lowest BCUT2D eigenvalue weighted by Gasteiger charge is -2.49. The molecule has 0 fully saturated rings. The first kappa shape index (κ1) is 15.6. The third-order valence-electron chi connectivity index (χ3n) is 4.97. The van der Waals surface area contributed by atoms with E-state index in [1.165, 1.54) is 19.8 Å². The number of para-hydroxylation sites is 1. The van der Waals surface area contributed by atoms with Crippen LogP contribution in [0.2, 0.25) is 0 Å². The predicted octanol–water partition coefficient (Wildman–Crippen LogP) is 1.88. The quantitative estimate of drug-likeness (QED) is 0.484. The van der Waals surface area contributed by atoms with Crippen LogP contribution in [0.25, 0.3) is 0 Å². The van der Waals surface area contributed by atoms with Crippen LogP contribution in [-0.4, -0.2) is 38.7 Å². The number of hydrogen-bond donors (Lipinski definition) is 0. The van der Waals surface area contributed by atoms with Crippen molar-refractivity contribution in [1.29, 1.82) is 0 Å². The van der Waals surface area contributed by atoms with Crippen molar-refractivity contribution in [2.45, 2.75) is 25.3 Å². The zero-order chi connectivity index (χ0) is 16.6. The van der Waals surface area contributed by atoms with Gasteiger partial charge >= 0.3 is 11.9 Å². The fourth-order valence-corrected chi connectivity index (χ4v) is 4.02. The fraction of sp³-hybridized carbons (Fsp3) is 0.444. The van der Waals surface area contributed by atoms with Crippen LogP contribution in [0.15, 0.2) is 30.9 Å². The van der Waals surface area contributed by atoms with Crippen molar-refractivity contribution in [2.75, 3.05) is 25.7 Å². The second-order valence-corrected chi connectivity index (χ2v) is 6.03. The summed E-state index contributed by atoms with van der Waals surface area (Å²) in [6.45, 7) is 4.65. The van der Waals surface area contributed by atoms with E-state index in [0.717, 1.165) is 30.6 Å². The van der Waals surface area contributed by atoms with Crippen molar-refractivity contribution in [3.05, 3.63) is 42.0 Å². The molecular formula is C18H21NO4. The summed E-state index contributed by atoms with van der Waals surface area (Å²) in [5, 5.41) is 0. The van der Waals surface area contributed by atoms with Crippen LogP contribution in [0.1, 0.15) is 17.5 Å². The van der Waals surface area contributed by atoms with Crippen molar-refractivity contribution >= 4 is 17.6 Å². The van der Waals surface area contributed by atoms with Gasteiger partial charge in [-0.3, -0.25) is 9.59 Å². The number of anilines is 1. The molecule has 0 bridgehead atoms. The highest BCUT2D eigenvalue weighted by atomic mass is 16.5. The summed E-state index contributed by atoms with van der Waals surface area (Å²) >= 11 is 0. The van der Waals surface area contributed by atoms with Crippen molar-refractivity contribution in [3.8, 4) is 0 Å². The molecule has 0 aromatic heterocycles. The number of methoxy groups -OCH3 is 2. The van der Waals surface area contributed by atoms with Crippen molar-refractivity contribution in [2.24, 2.45) is 5.41 Å². The van der Waals surface area contributed by atoms with E-state index in [2.05, 4.69) is 17.5 Å². The van der Waals surface area contributed by atoms with E-state index >= 15 is 0 Å². The Morgan fingerprint density at radius 1 is 1.26 bits per heavy atom. The average Bonchev–Trinajstić information content (AvgIpc) is 2.60. The monoisotopic (exact) mass is 315 g/mol. The van der Waals surface area contributed by atoms with Gasteiger partial charge in [0.2, 0.25) is 0 Å². The molecule has 23 heavy (non-hydrogen) atoms. The van der Waals surface area contributed by atoms with Crippen LogP contribution in [-0.2, 0) is 31.9 Å². The fourth-order valence-electron chi connectivity index (χ4n) is 4.02. The van der Waals surface area contributed by atoms with Gasteiger partial charge in [0.1, 0.15) is 0 Å². The number of hydrogen-bond acceptors (Lipinski definition) is 5. The van der Waals surface area contributed by atoms with Crippen LogP contribution >= 0.6 is 0 Å². The molecule has 2 heterocycles. The molecule has 122 valence electrons. The minimum atomic E-state index is -1.41. The van der Waals surface area contributed by atoms with Gasteiger partial charge < -0.3 is 14.4 Å². The number of carbonyl (C=O) groups excluding carboxylic acids is 2. The van der Waals surface area contributed by atoms with E-state index in [1.54, 1.807) is 6.08 Å². The minimum absolute atomic E-state index is 0.267. The highest BCUT2D eigenvalue weighted by Gasteiger charge is 2.58. The molecule has 0 spiro atoms. The van der Waals surface area contributed by atoms with Gasteiger partial charge in [-0.1, -0.05) is 24.3 Å². The number of ether oxygens (including phenoxy) is 2. The van der Waals surface area contributed by atoms with Crippen LogP contribution in [0, 0.1) is 5.41 Å². The van der Waals surface area contributed by atoms with Gasteiger partial charge in [0.15, 0.2) is 5.41 Å². The Balaban J connectivity index is 2.24. The molecule has 2 aliphatic rings. The Hall–Kier alpha value is -2.30. The molecule has 5 heteroatoms. The van der Waals surface area contributed by atoms with Gasteiger partial charge in [-0.2, -0.15) is 0 Å². The van der Waals surface area contributed by atoms with Crippen molar-refractivity contribution < 1.29 is 19.1 Å². The smallest absolute Gasteiger partial charge is 0.326 e. The Kier molecular flexibility index (Phi) is 3.88. The first-order valence-electron chi connectivity index (χ1n) is 7.77. The molecule has 0 saturated carbocycles. The average molecular weight is 315 g/mol. The van der Waals surface area contributed by atoms with Gasteiger partial charge in [0, 0.05) is 18.7 Å². The number of benzene rings is 1. The van der Waals surface area contributed by atoms with Gasteiger partial charge in [-0.05, 0) is 24.0 Å². The van der Waals surface area contributed by atoms with E-state index in [0.29, 0.717) is 0 Å². The van der Waals surface area contributed by atoms with E-state index in [9.17, 15) is 9.59 Å². The summed E-state index contributed by atoms with van der Waals surface area (Å²) in [4.78, 5) is 27.4. The zero-order valence-corrected chi connectivity index (χ0v) is 13.5. The Bertz CT molecular complexity index is 651. The number of aryl methyl sites for hydroxylation is 1. The summed E-state index contributed by atoms with van der Waals surface area (Å²) in [5.74, 6) is -1.15. The lowest BCUT2D eigenvalue weighted by Crippen LogP contribution is -2.61. The Morgan fingerprint density at radius 3 is 2.52 bits per heavy atom. The van der Waals surface area contributed by atoms with Crippen LogP contribution < -0.4 is 4.90 Å². The van der Waals surface area contributed by atoms with Crippen LogP contribution in [0.3, 0.4) is 0 Å². The molecule has 2 aliphatic heterocycles. The second-order valence-electron chi connectivity index (χ2n) is 6.03. The van der Waals surface area contributed by atoms with Gasteiger partial charge in [0.25, 0.3) is 0 Å². The standard InChI is InChI=1S/C18H21NO4/c1-4-14-18(16(20)22-2,17(21)23-3)11-13-8-5-7-12-9-6-10-19(14)15(12)13/h4-5,7-8,14H,1,6,9-11H2,2-3H3. The highest BCUT2D eigenvalue weighted by Crippen LogP contribution is 2.46. The molecule has 1 aromatic rings. The van der Waals surface area contributed by atoms with E-state index < -0.39 is 23.4 Å². The molecule has 1 unspecified atom stereocenters. The topological polar surface area (TPSA) is 55.8 Å². The normalized spacial score (nSPS) is 21.1. The molecule has 5 nitrogen and oxygen atoms in total. The summed E-state index contributed by atoms with van der Waals surface area (Å²) in [6.07, 6.45) is 3.91. The van der Waals surface area contributed by atoms with E-state index in [4.69, 9.17) is 9.47 Å². The lowest BCUT2D eigenvalue weighted by atomic mass is 9.69. The predicted molar refractivity (Wildman–Crippen MR) is 86.3 cm³/mol. The summed E-state index contributed by atoms with van der Waals surface area (Å²) < 4.78 is 9.98. The first-order chi connectivity index (χ1) is 11.1. The lowest BCUT2D eigenvalue weighted by molar-refractivity contribution is -0.170. The molecule has 0 radical (unpaired) electrons. The Morgan fingerprint density at radius 2 is 1.91 bits per heavy atom. The third kappa shape index (κ3) is 2.06. The molecule has 0 aliphatic carbocycles. The molecule has 1 atom stereocenters. The number of esters is 2. The van der Waals surface area contributed by atoms with Gasteiger partial charge in [-0.25, -0.2) is 0 Å². The molecule has 3 rings (SSSR count). The maximum Gasteiger partial charge on any atom is 0.326 e. The summed E-state index contributed by atoms with van der Waals surface area (Å²) in [7, 11) is 2.60. The second kappa shape index (κ2) is 5.72. The molecule has 0 amide bonds. The maximum absolute atomic E-state index is 12.6. The van der Waals surface area contributed by atoms with Crippen LogP contribution in [0.4, 0.5) is 5.69 Å². The highest BCUT2D eigenvalue weighted by molar-refractivity contribution is 6.03. The molecule has 0 N–H and O–H groups in total. The number of rotatable bonds is 3. The SMILES string of the molecule is C=CC1N2CCCc3cccc(c32)CC1(C(=O)OC)C(=O)OC. The van der Waals surface area contributed by atoms with E-state index in [1.807, 2.05) is 12.1 Å². The number of nitrogens with zero attached hydrogens (tertiary/aromatic N) is 1. The first-order valence-corrected chi connectivity index (χ1v) is 7.77. The summed E-state index contributed by atoms with van der Waals surface area (Å²) in [5.41, 5.74) is 1.96. The maximum atomic E-state index is 12.6. The summed E-state index contributed by atoms with van der Waals surface area (Å²) in [6, 6.07) is 5.58. The largest absolute Gasteiger partial charge is 0.468 e. The van der Waals surface area contributed by atoms with Gasteiger partial charge in [0.05, 0.1) is 20.3 Å². The zero-order valence-electron chi connectivity index (χ0n) is 13.5. The Labute approximate surface area is 135 Å². The van der Waals surface area contributed by atoms with E-state index in [-0.39, 0.29) is 6.42 Å². The third-order valence-corrected chi connectivity index (χ3v) is 4.97. The van der Waals surface area contributed by atoms with Crippen molar-refractivity contribution in [3.63, 3.8) is 0 Å². The van der Waals surface area contributed by atoms with Gasteiger partial charge in [-0.15, -0.1) is 6.58 Å².